The Morgan fingerprint density at radius 1 is 1.56 bits per heavy atom. The summed E-state index contributed by atoms with van der Waals surface area (Å²) in [6, 6.07) is 4.56. The summed E-state index contributed by atoms with van der Waals surface area (Å²) < 4.78 is 1.88. The molecule has 94 valence electrons. The number of hydrogen-bond donors (Lipinski definition) is 3. The summed E-state index contributed by atoms with van der Waals surface area (Å²) >= 11 is 0. The van der Waals surface area contributed by atoms with Crippen molar-refractivity contribution in [2.45, 2.75) is 6.54 Å². The van der Waals surface area contributed by atoms with Gasteiger partial charge in [0.2, 0.25) is 0 Å². The Labute approximate surface area is 104 Å². The van der Waals surface area contributed by atoms with Crippen LogP contribution in [0.15, 0.2) is 30.6 Å². The van der Waals surface area contributed by atoms with E-state index in [-0.39, 0.29) is 5.56 Å². The number of hydrogen-bond acceptors (Lipinski definition) is 4. The van der Waals surface area contributed by atoms with Crippen LogP contribution in [0.1, 0.15) is 16.2 Å². The molecule has 0 radical (unpaired) electrons. The van der Waals surface area contributed by atoms with Gasteiger partial charge in [-0.3, -0.25) is 0 Å². The molecule has 2 rings (SSSR count). The van der Waals surface area contributed by atoms with Crippen LogP contribution in [0.3, 0.4) is 0 Å². The standard InChI is InChI=1S/C12H14N4O2/c1-16-5-4-14-11(16)7-15-10-6-8(12(17)18)2-3-9(10)13/h2-6,15H,7,13H2,1H3,(H,17,18). The third kappa shape index (κ3) is 2.42. The SMILES string of the molecule is Cn1ccnc1CNc1cc(C(=O)O)ccc1N. The minimum absolute atomic E-state index is 0.201. The highest BCUT2D eigenvalue weighted by Crippen LogP contribution is 2.20. The smallest absolute Gasteiger partial charge is 0.335 e. The molecule has 0 spiro atoms. The highest BCUT2D eigenvalue weighted by atomic mass is 16.4. The first kappa shape index (κ1) is 12.0. The van der Waals surface area contributed by atoms with E-state index in [1.807, 2.05) is 17.8 Å². The summed E-state index contributed by atoms with van der Waals surface area (Å²) in [6.45, 7) is 0.483. The molecule has 6 heteroatoms. The zero-order valence-corrected chi connectivity index (χ0v) is 9.92. The van der Waals surface area contributed by atoms with Crippen molar-refractivity contribution in [1.29, 1.82) is 0 Å². The first-order chi connectivity index (χ1) is 8.58. The average Bonchev–Trinajstić information content (AvgIpc) is 2.73. The fourth-order valence-electron chi connectivity index (χ4n) is 1.58. The number of aromatic nitrogens is 2. The minimum atomic E-state index is -0.977. The first-order valence-corrected chi connectivity index (χ1v) is 5.41. The van der Waals surface area contributed by atoms with Gasteiger partial charge < -0.3 is 20.7 Å². The molecule has 0 aliphatic carbocycles. The van der Waals surface area contributed by atoms with E-state index in [0.29, 0.717) is 17.9 Å². The highest BCUT2D eigenvalue weighted by molar-refractivity contribution is 5.90. The number of rotatable bonds is 4. The number of aromatic carboxylic acids is 1. The van der Waals surface area contributed by atoms with E-state index in [2.05, 4.69) is 10.3 Å². The van der Waals surface area contributed by atoms with Gasteiger partial charge in [0.15, 0.2) is 0 Å². The molecule has 0 atom stereocenters. The maximum Gasteiger partial charge on any atom is 0.335 e. The summed E-state index contributed by atoms with van der Waals surface area (Å²) in [5.41, 5.74) is 7.09. The molecule has 6 nitrogen and oxygen atoms in total. The Kier molecular flexibility index (Phi) is 3.18. The second-order valence-corrected chi connectivity index (χ2v) is 3.92. The lowest BCUT2D eigenvalue weighted by Crippen LogP contribution is -2.08. The van der Waals surface area contributed by atoms with E-state index in [1.165, 1.54) is 12.1 Å². The molecule has 1 aromatic carbocycles. The zero-order chi connectivity index (χ0) is 13.1. The quantitative estimate of drug-likeness (QED) is 0.707. The van der Waals surface area contributed by atoms with Crippen molar-refractivity contribution in [3.05, 3.63) is 42.0 Å². The number of anilines is 2. The predicted octanol–water partition coefficient (Wildman–Crippen LogP) is 1.31. The molecule has 1 heterocycles. The molecule has 0 bridgehead atoms. The number of carboxylic acid groups (broad SMARTS) is 1. The average molecular weight is 246 g/mol. The summed E-state index contributed by atoms with van der Waals surface area (Å²) in [6.07, 6.45) is 3.54. The zero-order valence-electron chi connectivity index (χ0n) is 9.92. The molecule has 18 heavy (non-hydrogen) atoms. The first-order valence-electron chi connectivity index (χ1n) is 5.41. The van der Waals surface area contributed by atoms with Crippen molar-refractivity contribution in [3.8, 4) is 0 Å². The Hall–Kier alpha value is -2.50. The second kappa shape index (κ2) is 4.79. The lowest BCUT2D eigenvalue weighted by atomic mass is 10.1. The second-order valence-electron chi connectivity index (χ2n) is 3.92. The van der Waals surface area contributed by atoms with Gasteiger partial charge >= 0.3 is 5.97 Å². The number of nitrogen functional groups attached to an aromatic ring is 1. The van der Waals surface area contributed by atoms with Gasteiger partial charge in [-0.15, -0.1) is 0 Å². The summed E-state index contributed by atoms with van der Waals surface area (Å²) in [5, 5.41) is 12.0. The van der Waals surface area contributed by atoms with E-state index in [1.54, 1.807) is 12.3 Å². The highest BCUT2D eigenvalue weighted by Gasteiger charge is 2.07. The fraction of sp³-hybridized carbons (Fsp3) is 0.167. The Morgan fingerprint density at radius 3 is 2.94 bits per heavy atom. The predicted molar refractivity (Wildman–Crippen MR) is 68.3 cm³/mol. The van der Waals surface area contributed by atoms with E-state index in [0.717, 1.165) is 5.82 Å². The van der Waals surface area contributed by atoms with E-state index in [4.69, 9.17) is 10.8 Å². The number of nitrogens with zero attached hydrogens (tertiary/aromatic N) is 2. The third-order valence-electron chi connectivity index (χ3n) is 2.66. The third-order valence-corrected chi connectivity index (χ3v) is 2.66. The molecular weight excluding hydrogens is 232 g/mol. The number of carbonyl (C=O) groups is 1. The lowest BCUT2D eigenvalue weighted by molar-refractivity contribution is 0.0697. The number of carboxylic acids is 1. The number of aryl methyl sites for hydroxylation is 1. The Bertz CT molecular complexity index is 577. The van der Waals surface area contributed by atoms with Gasteiger partial charge in [-0.1, -0.05) is 0 Å². The Balaban J connectivity index is 2.16. The van der Waals surface area contributed by atoms with E-state index in [9.17, 15) is 4.79 Å². The van der Waals surface area contributed by atoms with Crippen LogP contribution in [0.2, 0.25) is 0 Å². The number of benzene rings is 1. The Morgan fingerprint density at radius 2 is 2.33 bits per heavy atom. The molecule has 0 unspecified atom stereocenters. The van der Waals surface area contributed by atoms with E-state index >= 15 is 0 Å². The van der Waals surface area contributed by atoms with Crippen LogP contribution in [-0.4, -0.2) is 20.6 Å². The van der Waals surface area contributed by atoms with Gasteiger partial charge in [-0.05, 0) is 18.2 Å². The van der Waals surface area contributed by atoms with Gasteiger partial charge in [0, 0.05) is 19.4 Å². The molecule has 0 aliphatic rings. The summed E-state index contributed by atoms with van der Waals surface area (Å²) in [7, 11) is 1.89. The van der Waals surface area contributed by atoms with Crippen molar-refractivity contribution in [2.75, 3.05) is 11.1 Å². The van der Waals surface area contributed by atoms with Crippen molar-refractivity contribution in [1.82, 2.24) is 9.55 Å². The molecule has 2 aromatic rings. The maximum absolute atomic E-state index is 10.9. The molecule has 1 aromatic heterocycles. The van der Waals surface area contributed by atoms with Gasteiger partial charge in [-0.2, -0.15) is 0 Å². The monoisotopic (exact) mass is 246 g/mol. The summed E-state index contributed by atoms with van der Waals surface area (Å²) in [5.74, 6) is -0.134. The van der Waals surface area contributed by atoms with Gasteiger partial charge in [0.1, 0.15) is 5.82 Å². The van der Waals surface area contributed by atoms with E-state index < -0.39 is 5.97 Å². The maximum atomic E-state index is 10.9. The van der Waals surface area contributed by atoms with Gasteiger partial charge in [0.25, 0.3) is 0 Å². The fourth-order valence-corrected chi connectivity index (χ4v) is 1.58. The van der Waals surface area contributed by atoms with Gasteiger partial charge in [0.05, 0.1) is 23.5 Å². The van der Waals surface area contributed by atoms with Crippen molar-refractivity contribution in [2.24, 2.45) is 7.05 Å². The number of imidazole rings is 1. The topological polar surface area (TPSA) is 93.2 Å². The normalized spacial score (nSPS) is 10.3. The largest absolute Gasteiger partial charge is 0.478 e. The molecule has 0 saturated heterocycles. The number of nitrogens with one attached hydrogen (secondary N) is 1. The van der Waals surface area contributed by atoms with Crippen LogP contribution >= 0.6 is 0 Å². The number of nitrogens with two attached hydrogens (primary N) is 1. The van der Waals surface area contributed by atoms with Crippen LogP contribution in [0.25, 0.3) is 0 Å². The summed E-state index contributed by atoms with van der Waals surface area (Å²) in [4.78, 5) is 15.0. The van der Waals surface area contributed by atoms with Gasteiger partial charge in [-0.25, -0.2) is 9.78 Å². The van der Waals surface area contributed by atoms with Crippen LogP contribution in [0.4, 0.5) is 11.4 Å². The van der Waals surface area contributed by atoms with Crippen molar-refractivity contribution >= 4 is 17.3 Å². The molecule has 0 aliphatic heterocycles. The van der Waals surface area contributed by atoms with Crippen molar-refractivity contribution in [3.63, 3.8) is 0 Å². The van der Waals surface area contributed by atoms with Crippen LogP contribution in [0.5, 0.6) is 0 Å². The molecule has 0 saturated carbocycles. The van der Waals surface area contributed by atoms with Crippen LogP contribution in [0, 0.1) is 0 Å². The molecule has 4 N–H and O–H groups in total. The molecule has 0 fully saturated rings. The molecular formula is C12H14N4O2. The minimum Gasteiger partial charge on any atom is -0.478 e. The van der Waals surface area contributed by atoms with Crippen LogP contribution < -0.4 is 11.1 Å². The molecule has 0 amide bonds. The lowest BCUT2D eigenvalue weighted by Gasteiger charge is -2.10. The van der Waals surface area contributed by atoms with Crippen LogP contribution in [-0.2, 0) is 13.6 Å². The van der Waals surface area contributed by atoms with Crippen molar-refractivity contribution < 1.29 is 9.90 Å².